The van der Waals surface area contributed by atoms with Gasteiger partial charge in [-0.2, -0.15) is 5.10 Å². The van der Waals surface area contributed by atoms with Gasteiger partial charge in [0, 0.05) is 43.5 Å². The molecule has 2 rings (SSSR count). The molecule has 4 nitrogen and oxygen atoms in total. The summed E-state index contributed by atoms with van der Waals surface area (Å²) in [4.78, 5) is 14.3. The fraction of sp³-hybridized carbons (Fsp3) is 0.444. The summed E-state index contributed by atoms with van der Waals surface area (Å²) in [6.07, 6.45) is 4.02. The average molecular weight is 317 g/mol. The second-order valence-electron chi connectivity index (χ2n) is 5.71. The SMILES string of the molecule is CCCCN(Cc1ccccc1F)C(=O)CCn1nccc1C. The Hall–Kier alpha value is -2.17. The van der Waals surface area contributed by atoms with Gasteiger partial charge in [-0.3, -0.25) is 9.48 Å². The van der Waals surface area contributed by atoms with Gasteiger partial charge < -0.3 is 4.90 Å². The highest BCUT2D eigenvalue weighted by atomic mass is 19.1. The molecule has 1 heterocycles. The molecular formula is C18H24FN3O. The Balaban J connectivity index is 2.00. The van der Waals surface area contributed by atoms with Crippen LogP contribution in [0.5, 0.6) is 0 Å². The largest absolute Gasteiger partial charge is 0.338 e. The summed E-state index contributed by atoms with van der Waals surface area (Å²) in [5.74, 6) is -0.221. The monoisotopic (exact) mass is 317 g/mol. The van der Waals surface area contributed by atoms with E-state index < -0.39 is 0 Å². The van der Waals surface area contributed by atoms with Crippen molar-refractivity contribution in [3.63, 3.8) is 0 Å². The normalized spacial score (nSPS) is 10.7. The minimum Gasteiger partial charge on any atom is -0.338 e. The lowest BCUT2D eigenvalue weighted by Crippen LogP contribution is -2.32. The van der Waals surface area contributed by atoms with Gasteiger partial charge in [0.2, 0.25) is 5.91 Å². The minimum absolute atomic E-state index is 0.0385. The number of aryl methyl sites for hydroxylation is 2. The number of benzene rings is 1. The van der Waals surface area contributed by atoms with Crippen molar-refractivity contribution in [3.05, 3.63) is 53.6 Å². The molecule has 0 saturated carbocycles. The van der Waals surface area contributed by atoms with Crippen LogP contribution in [-0.2, 0) is 17.9 Å². The molecule has 0 saturated heterocycles. The van der Waals surface area contributed by atoms with Crippen molar-refractivity contribution in [2.75, 3.05) is 6.54 Å². The molecule has 0 atom stereocenters. The third kappa shape index (κ3) is 4.91. The maximum atomic E-state index is 13.8. The van der Waals surface area contributed by atoms with E-state index in [4.69, 9.17) is 0 Å². The van der Waals surface area contributed by atoms with Gasteiger partial charge in [-0.25, -0.2) is 4.39 Å². The molecule has 0 aliphatic carbocycles. The van der Waals surface area contributed by atoms with Crippen molar-refractivity contribution < 1.29 is 9.18 Å². The van der Waals surface area contributed by atoms with E-state index in [1.165, 1.54) is 6.07 Å². The number of unbranched alkanes of at least 4 members (excludes halogenated alkanes) is 1. The Kier molecular flexibility index (Phi) is 6.32. The zero-order valence-electron chi connectivity index (χ0n) is 13.8. The maximum Gasteiger partial charge on any atom is 0.224 e. The maximum absolute atomic E-state index is 13.8. The molecule has 0 N–H and O–H groups in total. The molecule has 1 aromatic heterocycles. The van der Waals surface area contributed by atoms with Crippen LogP contribution in [0.15, 0.2) is 36.5 Å². The third-order valence-corrected chi connectivity index (χ3v) is 3.92. The van der Waals surface area contributed by atoms with E-state index in [0.717, 1.165) is 18.5 Å². The van der Waals surface area contributed by atoms with Crippen LogP contribution in [0, 0.1) is 12.7 Å². The summed E-state index contributed by atoms with van der Waals surface area (Å²) in [6.45, 7) is 5.58. The Morgan fingerprint density at radius 2 is 2.09 bits per heavy atom. The van der Waals surface area contributed by atoms with E-state index in [2.05, 4.69) is 12.0 Å². The van der Waals surface area contributed by atoms with Crippen molar-refractivity contribution in [2.24, 2.45) is 0 Å². The fourth-order valence-electron chi connectivity index (χ4n) is 2.47. The van der Waals surface area contributed by atoms with Crippen molar-refractivity contribution in [1.82, 2.24) is 14.7 Å². The van der Waals surface area contributed by atoms with E-state index in [1.54, 1.807) is 29.3 Å². The predicted molar refractivity (Wildman–Crippen MR) is 88.3 cm³/mol. The number of rotatable bonds is 8. The summed E-state index contributed by atoms with van der Waals surface area (Å²) in [5.41, 5.74) is 1.60. The summed E-state index contributed by atoms with van der Waals surface area (Å²) in [5, 5.41) is 4.19. The Morgan fingerprint density at radius 3 is 2.74 bits per heavy atom. The van der Waals surface area contributed by atoms with Crippen LogP contribution in [-0.4, -0.2) is 27.1 Å². The number of carbonyl (C=O) groups is 1. The molecule has 0 bridgehead atoms. The van der Waals surface area contributed by atoms with Gasteiger partial charge in [-0.1, -0.05) is 31.5 Å². The highest BCUT2D eigenvalue weighted by Crippen LogP contribution is 2.12. The molecule has 0 fully saturated rings. The molecule has 0 aliphatic rings. The number of hydrogen-bond acceptors (Lipinski definition) is 2. The van der Waals surface area contributed by atoms with Gasteiger partial charge >= 0.3 is 0 Å². The van der Waals surface area contributed by atoms with E-state index in [0.29, 0.717) is 31.6 Å². The number of carbonyl (C=O) groups excluding carboxylic acids is 1. The molecule has 1 aromatic carbocycles. The highest BCUT2D eigenvalue weighted by molar-refractivity contribution is 5.76. The quantitative estimate of drug-likeness (QED) is 0.747. The van der Waals surface area contributed by atoms with Crippen molar-refractivity contribution in [1.29, 1.82) is 0 Å². The molecule has 0 spiro atoms. The highest BCUT2D eigenvalue weighted by Gasteiger charge is 2.15. The van der Waals surface area contributed by atoms with Crippen LogP contribution < -0.4 is 0 Å². The Morgan fingerprint density at radius 1 is 1.30 bits per heavy atom. The first-order valence-electron chi connectivity index (χ1n) is 8.11. The van der Waals surface area contributed by atoms with Crippen LogP contribution in [0.2, 0.25) is 0 Å². The molecule has 0 aliphatic heterocycles. The zero-order valence-corrected chi connectivity index (χ0v) is 13.8. The lowest BCUT2D eigenvalue weighted by molar-refractivity contribution is -0.132. The molecule has 0 radical (unpaired) electrons. The number of nitrogens with zero attached hydrogens (tertiary/aromatic N) is 3. The molecule has 124 valence electrons. The molecular weight excluding hydrogens is 293 g/mol. The summed E-state index contributed by atoms with van der Waals surface area (Å²) >= 11 is 0. The van der Waals surface area contributed by atoms with Crippen LogP contribution in [0.3, 0.4) is 0 Å². The topological polar surface area (TPSA) is 38.1 Å². The first kappa shape index (κ1) is 17.2. The molecule has 0 unspecified atom stereocenters. The van der Waals surface area contributed by atoms with Crippen LogP contribution in [0.25, 0.3) is 0 Å². The third-order valence-electron chi connectivity index (χ3n) is 3.92. The van der Waals surface area contributed by atoms with Gasteiger partial charge in [-0.15, -0.1) is 0 Å². The molecule has 23 heavy (non-hydrogen) atoms. The summed E-state index contributed by atoms with van der Waals surface area (Å²) in [7, 11) is 0. The number of hydrogen-bond donors (Lipinski definition) is 0. The Bertz CT molecular complexity index is 639. The van der Waals surface area contributed by atoms with Gasteiger partial charge in [-0.05, 0) is 25.5 Å². The van der Waals surface area contributed by atoms with Crippen molar-refractivity contribution >= 4 is 5.91 Å². The first-order valence-corrected chi connectivity index (χ1v) is 8.11. The van der Waals surface area contributed by atoms with Crippen LogP contribution >= 0.6 is 0 Å². The standard InChI is InChI=1S/C18H24FN3O/c1-3-4-12-21(14-16-7-5-6-8-17(16)19)18(23)10-13-22-15(2)9-11-20-22/h5-9,11H,3-4,10,12-14H2,1-2H3. The molecule has 5 heteroatoms. The van der Waals surface area contributed by atoms with Crippen molar-refractivity contribution in [3.8, 4) is 0 Å². The van der Waals surface area contributed by atoms with E-state index in [9.17, 15) is 9.18 Å². The first-order chi connectivity index (χ1) is 11.1. The fourth-order valence-corrected chi connectivity index (χ4v) is 2.47. The molecule has 1 amide bonds. The summed E-state index contributed by atoms with van der Waals surface area (Å²) < 4.78 is 15.7. The number of aromatic nitrogens is 2. The van der Waals surface area contributed by atoms with Crippen LogP contribution in [0.4, 0.5) is 4.39 Å². The predicted octanol–water partition coefficient (Wildman–Crippen LogP) is 3.55. The van der Waals surface area contributed by atoms with Gasteiger partial charge in [0.25, 0.3) is 0 Å². The zero-order chi connectivity index (χ0) is 16.7. The van der Waals surface area contributed by atoms with Gasteiger partial charge in [0.15, 0.2) is 0 Å². The number of halogens is 1. The van der Waals surface area contributed by atoms with E-state index in [-0.39, 0.29) is 11.7 Å². The van der Waals surface area contributed by atoms with Crippen LogP contribution in [0.1, 0.15) is 37.4 Å². The lowest BCUT2D eigenvalue weighted by Gasteiger charge is -2.23. The second kappa shape index (κ2) is 8.46. The van der Waals surface area contributed by atoms with E-state index in [1.807, 2.05) is 17.7 Å². The van der Waals surface area contributed by atoms with Gasteiger partial charge in [0.1, 0.15) is 5.82 Å². The summed E-state index contributed by atoms with van der Waals surface area (Å²) in [6, 6.07) is 8.55. The Labute approximate surface area is 136 Å². The smallest absolute Gasteiger partial charge is 0.224 e. The lowest BCUT2D eigenvalue weighted by atomic mass is 10.1. The minimum atomic E-state index is -0.260. The van der Waals surface area contributed by atoms with E-state index >= 15 is 0 Å². The molecule has 2 aromatic rings. The van der Waals surface area contributed by atoms with Gasteiger partial charge in [0.05, 0.1) is 0 Å². The second-order valence-corrected chi connectivity index (χ2v) is 5.71. The van der Waals surface area contributed by atoms with Crippen molar-refractivity contribution in [2.45, 2.75) is 46.2 Å². The average Bonchev–Trinajstić information content (AvgIpc) is 2.96. The number of amides is 1.